The third kappa shape index (κ3) is 6.70. The van der Waals surface area contributed by atoms with Crippen molar-refractivity contribution < 1.29 is 22.7 Å². The molecule has 35 heavy (non-hydrogen) atoms. The van der Waals surface area contributed by atoms with E-state index >= 15 is 0 Å². The van der Waals surface area contributed by atoms with E-state index in [1.165, 1.54) is 30.7 Å². The van der Waals surface area contributed by atoms with E-state index in [1.54, 1.807) is 37.4 Å². The van der Waals surface area contributed by atoms with Gasteiger partial charge in [0.1, 0.15) is 17.3 Å². The minimum atomic E-state index is -4.45. The number of ether oxygens (including phenoxy) is 1. The van der Waals surface area contributed by atoms with Crippen molar-refractivity contribution in [2.45, 2.75) is 6.18 Å². The Kier molecular flexibility index (Phi) is 7.88. The highest BCUT2D eigenvalue weighted by Crippen LogP contribution is 2.37. The number of nitrogens with one attached hydrogen (secondary N) is 2. The van der Waals surface area contributed by atoms with Crippen molar-refractivity contribution in [3.8, 4) is 22.6 Å². The number of anilines is 2. The molecule has 0 spiro atoms. The first-order valence-electron chi connectivity index (χ1n) is 10.2. The first kappa shape index (κ1) is 25.0. The number of rotatable bonds is 8. The highest BCUT2D eigenvalue weighted by molar-refractivity contribution is 5.99. The lowest BCUT2D eigenvalue weighted by molar-refractivity contribution is -0.137. The summed E-state index contributed by atoms with van der Waals surface area (Å²) in [4.78, 5) is 19.8. The number of amides is 1. The average molecular weight is 481 g/mol. The van der Waals surface area contributed by atoms with Crippen LogP contribution in [0.15, 0.2) is 90.3 Å². The molecule has 180 valence electrons. The van der Waals surface area contributed by atoms with Gasteiger partial charge in [0.15, 0.2) is 0 Å². The van der Waals surface area contributed by atoms with Crippen molar-refractivity contribution in [3.05, 3.63) is 90.9 Å². The fourth-order valence-corrected chi connectivity index (χ4v) is 3.01. The molecule has 10 heteroatoms. The van der Waals surface area contributed by atoms with Crippen LogP contribution in [0.1, 0.15) is 5.56 Å². The van der Waals surface area contributed by atoms with Crippen molar-refractivity contribution in [2.75, 3.05) is 17.7 Å². The monoisotopic (exact) mass is 481 g/mol. The third-order valence-corrected chi connectivity index (χ3v) is 4.62. The molecule has 0 aliphatic carbocycles. The molecule has 0 fully saturated rings. The fraction of sp³-hybridized carbons (Fsp3) is 0.0800. The summed E-state index contributed by atoms with van der Waals surface area (Å²) in [6, 6.07) is 12.9. The molecule has 1 aromatic heterocycles. The predicted octanol–water partition coefficient (Wildman–Crippen LogP) is 5.60. The molecule has 1 amide bonds. The molecule has 0 radical (unpaired) electrons. The highest BCUT2D eigenvalue weighted by Gasteiger charge is 2.30. The van der Waals surface area contributed by atoms with Crippen LogP contribution in [0.25, 0.3) is 11.1 Å². The van der Waals surface area contributed by atoms with Gasteiger partial charge in [-0.2, -0.15) is 13.2 Å². The normalized spacial score (nSPS) is 11.8. The number of carbonyl (C=O) groups is 1. The molecule has 3 aromatic rings. The summed E-state index contributed by atoms with van der Waals surface area (Å²) in [5.74, 6) is 0.659. The van der Waals surface area contributed by atoms with Gasteiger partial charge in [0.05, 0.1) is 11.3 Å². The van der Waals surface area contributed by atoms with Gasteiger partial charge in [-0.05, 0) is 35.9 Å². The van der Waals surface area contributed by atoms with Gasteiger partial charge >= 0.3 is 6.18 Å². The molecule has 0 atom stereocenters. The Bertz CT molecular complexity index is 1270. The van der Waals surface area contributed by atoms with Crippen LogP contribution in [-0.4, -0.2) is 24.2 Å². The van der Waals surface area contributed by atoms with Crippen molar-refractivity contribution >= 4 is 23.6 Å². The van der Waals surface area contributed by atoms with Crippen molar-refractivity contribution in [3.63, 3.8) is 0 Å². The van der Waals surface area contributed by atoms with E-state index in [0.29, 0.717) is 39.8 Å². The maximum atomic E-state index is 13.0. The van der Waals surface area contributed by atoms with Gasteiger partial charge < -0.3 is 21.1 Å². The second kappa shape index (κ2) is 11.0. The number of allylic oxidation sites excluding steroid dienone is 1. The van der Waals surface area contributed by atoms with Crippen LogP contribution >= 0.6 is 0 Å². The Balaban J connectivity index is 2.02. The smallest absolute Gasteiger partial charge is 0.416 e. The number of hydrogen-bond donors (Lipinski definition) is 3. The number of hydrogen-bond acceptors (Lipinski definition) is 6. The Hall–Kier alpha value is -4.60. The van der Waals surface area contributed by atoms with Crippen LogP contribution in [0.5, 0.6) is 11.5 Å². The number of nitrogens with zero attached hydrogens (tertiary/aromatic N) is 2. The number of benzene rings is 2. The van der Waals surface area contributed by atoms with E-state index in [4.69, 9.17) is 10.5 Å². The summed E-state index contributed by atoms with van der Waals surface area (Å²) >= 11 is 0. The largest absolute Gasteiger partial charge is 0.456 e. The number of halogens is 3. The zero-order chi connectivity index (χ0) is 25.4. The quantitative estimate of drug-likeness (QED) is 0.287. The standard InChI is InChI=1S/C25H22F3N5O2/c1-3-24(34)33-18-5-4-6-20(11-18)35-22-12-23(32-19(13-29)14-30-2)31-15-21(22)16-7-9-17(10-8-16)25(26,27)28/h3-15H,1,29H2,2H3,(H,31,32)(H,33,34)/b19-13+,30-14?. The number of aromatic nitrogens is 1. The molecule has 0 saturated carbocycles. The molecule has 0 unspecified atom stereocenters. The zero-order valence-electron chi connectivity index (χ0n) is 18.6. The molecular formula is C25H22F3N5O2. The van der Waals surface area contributed by atoms with Crippen LogP contribution < -0.4 is 21.1 Å². The molecule has 1 heterocycles. The molecule has 7 nitrogen and oxygen atoms in total. The van der Waals surface area contributed by atoms with Crippen molar-refractivity contribution in [2.24, 2.45) is 10.7 Å². The summed E-state index contributed by atoms with van der Waals surface area (Å²) in [6.45, 7) is 3.42. The first-order chi connectivity index (χ1) is 16.7. The number of pyridine rings is 1. The van der Waals surface area contributed by atoms with Gasteiger partial charge in [0.2, 0.25) is 5.91 Å². The Labute approximate surface area is 199 Å². The topological polar surface area (TPSA) is 102 Å². The molecule has 0 aliphatic heterocycles. The molecule has 0 saturated heterocycles. The highest BCUT2D eigenvalue weighted by atomic mass is 19.4. The fourth-order valence-electron chi connectivity index (χ4n) is 3.01. The summed E-state index contributed by atoms with van der Waals surface area (Å²) in [5, 5.41) is 5.63. The third-order valence-electron chi connectivity index (χ3n) is 4.62. The van der Waals surface area contributed by atoms with Crippen LogP contribution in [-0.2, 0) is 11.0 Å². The minimum absolute atomic E-state index is 0.305. The lowest BCUT2D eigenvalue weighted by Gasteiger charge is -2.15. The number of nitrogens with two attached hydrogens (primary N) is 1. The Morgan fingerprint density at radius 2 is 1.89 bits per heavy atom. The molecule has 4 N–H and O–H groups in total. The summed E-state index contributed by atoms with van der Waals surface area (Å²) in [5.41, 5.74) is 6.70. The molecule has 2 aromatic carbocycles. The van der Waals surface area contributed by atoms with Crippen molar-refractivity contribution in [1.82, 2.24) is 4.98 Å². The van der Waals surface area contributed by atoms with E-state index in [1.807, 2.05) is 0 Å². The molecular weight excluding hydrogens is 459 g/mol. The summed E-state index contributed by atoms with van der Waals surface area (Å²) in [7, 11) is 1.58. The van der Waals surface area contributed by atoms with E-state index < -0.39 is 11.7 Å². The lowest BCUT2D eigenvalue weighted by atomic mass is 10.0. The number of carbonyl (C=O) groups excluding carboxylic acids is 1. The average Bonchev–Trinajstić information content (AvgIpc) is 2.83. The number of aliphatic imine (C=N–C) groups is 1. The maximum Gasteiger partial charge on any atom is 0.416 e. The van der Waals surface area contributed by atoms with E-state index in [9.17, 15) is 18.0 Å². The second-order valence-electron chi connectivity index (χ2n) is 7.10. The molecule has 3 rings (SSSR count). The lowest BCUT2D eigenvalue weighted by Crippen LogP contribution is -2.07. The van der Waals surface area contributed by atoms with Crippen LogP contribution in [0.3, 0.4) is 0 Å². The van der Waals surface area contributed by atoms with Gasteiger partial charge in [-0.25, -0.2) is 4.98 Å². The van der Waals surface area contributed by atoms with Crippen molar-refractivity contribution in [1.29, 1.82) is 0 Å². The summed E-state index contributed by atoms with van der Waals surface area (Å²) in [6.07, 6.45) is 0.967. The minimum Gasteiger partial charge on any atom is -0.456 e. The summed E-state index contributed by atoms with van der Waals surface area (Å²) < 4.78 is 45.1. The van der Waals surface area contributed by atoms with Crippen LogP contribution in [0.2, 0.25) is 0 Å². The van der Waals surface area contributed by atoms with Gasteiger partial charge in [-0.1, -0.05) is 24.8 Å². The number of alkyl halides is 3. The molecule has 0 bridgehead atoms. The van der Waals surface area contributed by atoms with Crippen LogP contribution in [0.4, 0.5) is 24.7 Å². The first-order valence-corrected chi connectivity index (χ1v) is 10.2. The Morgan fingerprint density at radius 1 is 1.14 bits per heavy atom. The molecule has 0 aliphatic rings. The van der Waals surface area contributed by atoms with E-state index in [0.717, 1.165) is 18.2 Å². The van der Waals surface area contributed by atoms with Crippen LogP contribution in [0, 0.1) is 0 Å². The van der Waals surface area contributed by atoms with Gasteiger partial charge in [-0.15, -0.1) is 0 Å². The maximum absolute atomic E-state index is 13.0. The van der Waals surface area contributed by atoms with Gasteiger partial charge in [0.25, 0.3) is 0 Å². The SMILES string of the molecule is C=CC(=O)Nc1cccc(Oc2cc(N/C(C=NC)=C/N)ncc2-c2ccc(C(F)(F)F)cc2)c1. The predicted molar refractivity (Wildman–Crippen MR) is 130 cm³/mol. The van der Waals surface area contributed by atoms with E-state index in [2.05, 4.69) is 27.2 Å². The zero-order valence-corrected chi connectivity index (χ0v) is 18.6. The van der Waals surface area contributed by atoms with E-state index in [-0.39, 0.29) is 5.91 Å². The Morgan fingerprint density at radius 3 is 2.51 bits per heavy atom. The second-order valence-corrected chi connectivity index (χ2v) is 7.10. The van der Waals surface area contributed by atoms with Gasteiger partial charge in [-0.3, -0.25) is 9.79 Å². The van der Waals surface area contributed by atoms with Gasteiger partial charge in [0, 0.05) is 49.0 Å².